The molecule has 2 aliphatic rings. The van der Waals surface area contributed by atoms with Crippen LogP contribution in [0, 0.1) is 0 Å². The zero-order chi connectivity index (χ0) is 19.3. The Morgan fingerprint density at radius 3 is 2.14 bits per heavy atom. The zero-order valence-corrected chi connectivity index (χ0v) is 15.9. The van der Waals surface area contributed by atoms with E-state index < -0.39 is 6.04 Å². The second-order valence-electron chi connectivity index (χ2n) is 7.07. The summed E-state index contributed by atoms with van der Waals surface area (Å²) in [5.41, 5.74) is 6.66. The molecule has 148 valence electrons. The van der Waals surface area contributed by atoms with E-state index >= 15 is 0 Å². The molecule has 2 aromatic rings. The lowest BCUT2D eigenvalue weighted by Crippen LogP contribution is -2.50. The van der Waals surface area contributed by atoms with Gasteiger partial charge in [-0.2, -0.15) is 0 Å². The van der Waals surface area contributed by atoms with Gasteiger partial charge in [0.25, 0.3) is 0 Å². The fourth-order valence-electron chi connectivity index (χ4n) is 3.88. The van der Waals surface area contributed by atoms with E-state index in [4.69, 9.17) is 10.5 Å². The third-order valence-electron chi connectivity index (χ3n) is 5.36. The number of amides is 1. The lowest BCUT2D eigenvalue weighted by atomic mass is 10.0. The minimum absolute atomic E-state index is 0.309. The van der Waals surface area contributed by atoms with Gasteiger partial charge in [0.1, 0.15) is 24.0 Å². The number of hydrogen-bond donors (Lipinski definition) is 1. The molecule has 1 aromatic carbocycles. The molecule has 8 heteroatoms. The first-order valence-corrected chi connectivity index (χ1v) is 9.70. The Labute approximate surface area is 164 Å². The molecule has 4 rings (SSSR count). The Hall–Kier alpha value is -2.71. The van der Waals surface area contributed by atoms with Crippen LogP contribution in [0.3, 0.4) is 0 Å². The van der Waals surface area contributed by atoms with Crippen LogP contribution in [-0.4, -0.2) is 73.3 Å². The molecule has 2 saturated heterocycles. The Morgan fingerprint density at radius 1 is 0.929 bits per heavy atom. The molecule has 1 aromatic heterocycles. The van der Waals surface area contributed by atoms with Crippen LogP contribution in [-0.2, 0) is 9.53 Å². The Balaban J connectivity index is 1.43. The van der Waals surface area contributed by atoms with Crippen molar-refractivity contribution in [1.82, 2.24) is 14.9 Å². The number of hydrogen-bond acceptors (Lipinski definition) is 7. The average molecular weight is 382 g/mol. The van der Waals surface area contributed by atoms with E-state index in [1.54, 1.807) is 6.33 Å². The third kappa shape index (κ3) is 4.07. The number of benzene rings is 1. The molecule has 0 bridgehead atoms. The quantitative estimate of drug-likeness (QED) is 0.813. The van der Waals surface area contributed by atoms with Crippen LogP contribution in [0.2, 0.25) is 0 Å². The number of anilines is 2. The summed E-state index contributed by atoms with van der Waals surface area (Å²) in [6.07, 6.45) is 1.63. The number of carbonyl (C=O) groups excluding carboxylic acids is 1. The highest BCUT2D eigenvalue weighted by Gasteiger charge is 2.29. The lowest BCUT2D eigenvalue weighted by molar-refractivity contribution is -0.123. The smallest absolute Gasteiger partial charge is 0.239 e. The molecule has 0 spiro atoms. The predicted molar refractivity (Wildman–Crippen MR) is 107 cm³/mol. The Morgan fingerprint density at radius 2 is 1.54 bits per heavy atom. The van der Waals surface area contributed by atoms with Gasteiger partial charge in [0.2, 0.25) is 5.91 Å². The van der Waals surface area contributed by atoms with E-state index in [-0.39, 0.29) is 5.91 Å². The summed E-state index contributed by atoms with van der Waals surface area (Å²) in [6.45, 7) is 6.23. The molecular weight excluding hydrogens is 356 g/mol. The van der Waals surface area contributed by atoms with Gasteiger partial charge in [0, 0.05) is 45.3 Å². The molecule has 0 aliphatic carbocycles. The average Bonchev–Trinajstić information content (AvgIpc) is 2.76. The molecule has 1 amide bonds. The van der Waals surface area contributed by atoms with E-state index in [0.29, 0.717) is 0 Å². The van der Waals surface area contributed by atoms with Crippen LogP contribution in [0.15, 0.2) is 42.7 Å². The van der Waals surface area contributed by atoms with Crippen LogP contribution < -0.4 is 15.5 Å². The van der Waals surface area contributed by atoms with Crippen molar-refractivity contribution >= 4 is 17.5 Å². The van der Waals surface area contributed by atoms with Gasteiger partial charge >= 0.3 is 0 Å². The second-order valence-corrected chi connectivity index (χ2v) is 7.07. The molecule has 2 aliphatic heterocycles. The molecule has 28 heavy (non-hydrogen) atoms. The second kappa shape index (κ2) is 8.53. The largest absolute Gasteiger partial charge is 0.378 e. The van der Waals surface area contributed by atoms with Crippen LogP contribution in [0.1, 0.15) is 11.6 Å². The number of nitrogens with two attached hydrogens (primary N) is 1. The molecule has 0 saturated carbocycles. The minimum atomic E-state index is -0.391. The van der Waals surface area contributed by atoms with Gasteiger partial charge in [-0.1, -0.05) is 30.3 Å². The van der Waals surface area contributed by atoms with Crippen molar-refractivity contribution in [3.8, 4) is 0 Å². The molecular formula is C20H26N6O2. The van der Waals surface area contributed by atoms with E-state index in [1.807, 2.05) is 36.4 Å². The van der Waals surface area contributed by atoms with Gasteiger partial charge in [-0.05, 0) is 5.56 Å². The third-order valence-corrected chi connectivity index (χ3v) is 5.36. The number of aromatic nitrogens is 2. The molecule has 2 fully saturated rings. The number of nitrogens with zero attached hydrogens (tertiary/aromatic N) is 5. The summed E-state index contributed by atoms with van der Waals surface area (Å²) in [5.74, 6) is 1.55. The topological polar surface area (TPSA) is 87.8 Å². The standard InChI is InChI=1S/C20H26N6O2/c21-20(27)19(16-4-2-1-3-5-16)26-8-6-24(7-9-26)17-14-18(23-15-22-17)25-10-12-28-13-11-25/h1-5,14-15,19H,6-13H2,(H2,21,27). The molecule has 2 N–H and O–H groups in total. The number of rotatable bonds is 5. The summed E-state index contributed by atoms with van der Waals surface area (Å²) >= 11 is 0. The highest BCUT2D eigenvalue weighted by molar-refractivity contribution is 5.81. The minimum Gasteiger partial charge on any atom is -0.378 e. The molecule has 8 nitrogen and oxygen atoms in total. The van der Waals surface area contributed by atoms with Crippen molar-refractivity contribution in [3.63, 3.8) is 0 Å². The summed E-state index contributed by atoms with van der Waals surface area (Å²) in [7, 11) is 0. The molecule has 1 unspecified atom stereocenters. The van der Waals surface area contributed by atoms with Gasteiger partial charge in [-0.25, -0.2) is 9.97 Å². The Kier molecular flexibility index (Phi) is 5.68. The SMILES string of the molecule is NC(=O)C(c1ccccc1)N1CCN(c2cc(N3CCOCC3)ncn2)CC1. The van der Waals surface area contributed by atoms with Crippen molar-refractivity contribution < 1.29 is 9.53 Å². The monoisotopic (exact) mass is 382 g/mol. The first kappa shape index (κ1) is 18.6. The maximum absolute atomic E-state index is 12.1. The first-order valence-electron chi connectivity index (χ1n) is 9.70. The maximum Gasteiger partial charge on any atom is 0.239 e. The van der Waals surface area contributed by atoms with Crippen molar-refractivity contribution in [2.24, 2.45) is 5.73 Å². The van der Waals surface area contributed by atoms with Gasteiger partial charge in [0.05, 0.1) is 13.2 Å². The number of piperazine rings is 1. The van der Waals surface area contributed by atoms with E-state index in [2.05, 4.69) is 24.7 Å². The number of morpholine rings is 1. The van der Waals surface area contributed by atoms with E-state index in [9.17, 15) is 4.79 Å². The Bertz CT molecular complexity index is 788. The van der Waals surface area contributed by atoms with Crippen LogP contribution >= 0.6 is 0 Å². The number of carbonyl (C=O) groups is 1. The fourth-order valence-corrected chi connectivity index (χ4v) is 3.88. The molecule has 0 radical (unpaired) electrons. The normalized spacial score (nSPS) is 19.4. The maximum atomic E-state index is 12.1. The highest BCUT2D eigenvalue weighted by Crippen LogP contribution is 2.24. The van der Waals surface area contributed by atoms with Crippen LogP contribution in [0.4, 0.5) is 11.6 Å². The zero-order valence-electron chi connectivity index (χ0n) is 15.9. The van der Waals surface area contributed by atoms with Gasteiger partial charge in [-0.3, -0.25) is 9.69 Å². The van der Waals surface area contributed by atoms with Crippen molar-refractivity contribution in [2.75, 3.05) is 62.3 Å². The summed E-state index contributed by atoms with van der Waals surface area (Å²) in [5, 5.41) is 0. The van der Waals surface area contributed by atoms with Gasteiger partial charge < -0.3 is 20.3 Å². The van der Waals surface area contributed by atoms with Crippen molar-refractivity contribution in [1.29, 1.82) is 0 Å². The van der Waals surface area contributed by atoms with Crippen LogP contribution in [0.5, 0.6) is 0 Å². The van der Waals surface area contributed by atoms with Crippen molar-refractivity contribution in [2.45, 2.75) is 6.04 Å². The molecule has 1 atom stereocenters. The fraction of sp³-hybridized carbons (Fsp3) is 0.450. The molecule has 3 heterocycles. The first-order chi connectivity index (χ1) is 13.7. The van der Waals surface area contributed by atoms with E-state index in [0.717, 1.165) is 69.7 Å². The van der Waals surface area contributed by atoms with E-state index in [1.165, 1.54) is 0 Å². The summed E-state index contributed by atoms with van der Waals surface area (Å²) in [4.78, 5) is 27.6. The summed E-state index contributed by atoms with van der Waals surface area (Å²) < 4.78 is 5.42. The van der Waals surface area contributed by atoms with Crippen molar-refractivity contribution in [3.05, 3.63) is 48.3 Å². The highest BCUT2D eigenvalue weighted by atomic mass is 16.5. The van der Waals surface area contributed by atoms with Crippen LogP contribution in [0.25, 0.3) is 0 Å². The number of primary amides is 1. The van der Waals surface area contributed by atoms with Gasteiger partial charge in [-0.15, -0.1) is 0 Å². The summed E-state index contributed by atoms with van der Waals surface area (Å²) in [6, 6.07) is 11.4. The predicted octanol–water partition coefficient (Wildman–Crippen LogP) is 0.662. The van der Waals surface area contributed by atoms with Gasteiger partial charge in [0.15, 0.2) is 0 Å². The lowest BCUT2D eigenvalue weighted by Gasteiger charge is -2.39. The number of ether oxygens (including phenoxy) is 1.